The molecule has 1 atom stereocenters. The van der Waals surface area contributed by atoms with Gasteiger partial charge in [0.05, 0.1) is 0 Å². The summed E-state index contributed by atoms with van der Waals surface area (Å²) in [6, 6.07) is 4.28. The Kier molecular flexibility index (Phi) is 3.46. The average molecular weight is 306 g/mol. The highest BCUT2D eigenvalue weighted by molar-refractivity contribution is 6.30. The van der Waals surface area contributed by atoms with Crippen molar-refractivity contribution in [1.29, 1.82) is 0 Å². The summed E-state index contributed by atoms with van der Waals surface area (Å²) >= 11 is 5.90. The van der Waals surface area contributed by atoms with E-state index in [0.717, 1.165) is 24.1 Å². The number of hydrogen-bond acceptors (Lipinski definition) is 3. The summed E-state index contributed by atoms with van der Waals surface area (Å²) in [7, 11) is 0. The summed E-state index contributed by atoms with van der Waals surface area (Å²) in [4.78, 5) is 8.92. The summed E-state index contributed by atoms with van der Waals surface area (Å²) in [6.07, 6.45) is 3.51. The van der Waals surface area contributed by atoms with Gasteiger partial charge in [0.25, 0.3) is 0 Å². The standard InChI is InChI=1S/C16H17ClFN3/c1-16(2)6-13(19)12-8-20-15(21-14(12)7-16)9-3-10(17)5-11(18)4-9/h3-5,8,13H,6-7,19H2,1-2H3. The average Bonchev–Trinajstić information content (AvgIpc) is 2.35. The zero-order valence-electron chi connectivity index (χ0n) is 12.0. The van der Waals surface area contributed by atoms with E-state index in [1.807, 2.05) is 0 Å². The summed E-state index contributed by atoms with van der Waals surface area (Å²) in [5, 5.41) is 0.336. The van der Waals surface area contributed by atoms with Gasteiger partial charge in [0, 0.05) is 34.1 Å². The van der Waals surface area contributed by atoms with E-state index in [2.05, 4.69) is 23.8 Å². The van der Waals surface area contributed by atoms with Crippen LogP contribution in [0.4, 0.5) is 4.39 Å². The molecule has 1 unspecified atom stereocenters. The van der Waals surface area contributed by atoms with Gasteiger partial charge < -0.3 is 5.73 Å². The first-order chi connectivity index (χ1) is 9.84. The first-order valence-corrected chi connectivity index (χ1v) is 7.30. The van der Waals surface area contributed by atoms with Crippen molar-refractivity contribution in [2.24, 2.45) is 11.1 Å². The topological polar surface area (TPSA) is 51.8 Å². The van der Waals surface area contributed by atoms with Crippen LogP contribution in [-0.2, 0) is 6.42 Å². The minimum atomic E-state index is -0.393. The Morgan fingerprint density at radius 1 is 1.33 bits per heavy atom. The zero-order valence-corrected chi connectivity index (χ0v) is 12.8. The van der Waals surface area contributed by atoms with Crippen LogP contribution >= 0.6 is 11.6 Å². The fourth-order valence-corrected chi connectivity index (χ4v) is 3.15. The van der Waals surface area contributed by atoms with Crippen molar-refractivity contribution in [3.63, 3.8) is 0 Å². The molecule has 0 spiro atoms. The van der Waals surface area contributed by atoms with E-state index in [9.17, 15) is 4.39 Å². The van der Waals surface area contributed by atoms with E-state index in [-0.39, 0.29) is 11.5 Å². The Bertz CT molecular complexity index is 680. The Balaban J connectivity index is 2.07. The smallest absolute Gasteiger partial charge is 0.159 e. The van der Waals surface area contributed by atoms with E-state index < -0.39 is 5.82 Å². The number of benzene rings is 1. The molecule has 1 aliphatic rings. The minimum absolute atomic E-state index is 0.0473. The van der Waals surface area contributed by atoms with Gasteiger partial charge in [0.15, 0.2) is 5.82 Å². The van der Waals surface area contributed by atoms with Crippen molar-refractivity contribution in [2.45, 2.75) is 32.7 Å². The molecule has 110 valence electrons. The van der Waals surface area contributed by atoms with E-state index in [1.165, 1.54) is 12.1 Å². The van der Waals surface area contributed by atoms with Crippen molar-refractivity contribution in [1.82, 2.24) is 9.97 Å². The number of hydrogen-bond donors (Lipinski definition) is 1. The van der Waals surface area contributed by atoms with Gasteiger partial charge in [-0.3, -0.25) is 0 Å². The third kappa shape index (κ3) is 2.92. The van der Waals surface area contributed by atoms with Gasteiger partial charge in [-0.2, -0.15) is 0 Å². The van der Waals surface area contributed by atoms with E-state index in [1.54, 1.807) is 12.3 Å². The second-order valence-electron chi connectivity index (χ2n) is 6.41. The highest BCUT2D eigenvalue weighted by Gasteiger charge is 2.31. The predicted molar refractivity (Wildman–Crippen MR) is 81.5 cm³/mol. The molecule has 0 fully saturated rings. The molecule has 1 heterocycles. The predicted octanol–water partition coefficient (Wildman–Crippen LogP) is 3.91. The van der Waals surface area contributed by atoms with Crippen molar-refractivity contribution in [3.8, 4) is 11.4 Å². The lowest BCUT2D eigenvalue weighted by atomic mass is 9.74. The van der Waals surface area contributed by atoms with Crippen LogP contribution in [0.25, 0.3) is 11.4 Å². The second-order valence-corrected chi connectivity index (χ2v) is 6.84. The van der Waals surface area contributed by atoms with Crippen LogP contribution in [-0.4, -0.2) is 9.97 Å². The molecule has 3 nitrogen and oxygen atoms in total. The summed E-state index contributed by atoms with van der Waals surface area (Å²) in [6.45, 7) is 4.35. The van der Waals surface area contributed by atoms with Gasteiger partial charge in [0.2, 0.25) is 0 Å². The molecule has 3 rings (SSSR count). The third-order valence-electron chi connectivity index (χ3n) is 3.84. The van der Waals surface area contributed by atoms with E-state index in [0.29, 0.717) is 16.4 Å². The number of halogens is 2. The second kappa shape index (κ2) is 5.04. The maximum Gasteiger partial charge on any atom is 0.159 e. The number of aromatic nitrogens is 2. The first-order valence-electron chi connectivity index (χ1n) is 6.92. The maximum absolute atomic E-state index is 13.5. The number of fused-ring (bicyclic) bond motifs is 1. The Morgan fingerprint density at radius 2 is 2.10 bits per heavy atom. The van der Waals surface area contributed by atoms with Crippen LogP contribution in [0.5, 0.6) is 0 Å². The van der Waals surface area contributed by atoms with Crippen LogP contribution in [0.15, 0.2) is 24.4 Å². The number of nitrogens with two attached hydrogens (primary N) is 1. The van der Waals surface area contributed by atoms with Crippen LogP contribution in [0.1, 0.15) is 37.6 Å². The monoisotopic (exact) mass is 305 g/mol. The van der Waals surface area contributed by atoms with Crippen molar-refractivity contribution in [2.75, 3.05) is 0 Å². The molecule has 0 saturated carbocycles. The lowest BCUT2D eigenvalue weighted by molar-refractivity contribution is 0.278. The lowest BCUT2D eigenvalue weighted by Crippen LogP contribution is -2.30. The summed E-state index contributed by atoms with van der Waals surface area (Å²) in [5.41, 5.74) is 8.82. The molecule has 0 radical (unpaired) electrons. The Hall–Kier alpha value is -1.52. The summed E-state index contributed by atoms with van der Waals surface area (Å²) < 4.78 is 13.5. The summed E-state index contributed by atoms with van der Waals surface area (Å²) in [5.74, 6) is 0.0934. The van der Waals surface area contributed by atoms with Gasteiger partial charge >= 0.3 is 0 Å². The molecule has 0 saturated heterocycles. The van der Waals surface area contributed by atoms with Gasteiger partial charge in [0.1, 0.15) is 5.82 Å². The minimum Gasteiger partial charge on any atom is -0.324 e. The molecule has 21 heavy (non-hydrogen) atoms. The molecule has 2 aromatic rings. The molecule has 0 aliphatic heterocycles. The Morgan fingerprint density at radius 3 is 2.81 bits per heavy atom. The van der Waals surface area contributed by atoms with Crippen LogP contribution in [0, 0.1) is 11.2 Å². The quantitative estimate of drug-likeness (QED) is 0.869. The van der Waals surface area contributed by atoms with Gasteiger partial charge in [-0.15, -0.1) is 0 Å². The fraction of sp³-hybridized carbons (Fsp3) is 0.375. The molecule has 1 aliphatic carbocycles. The highest BCUT2D eigenvalue weighted by Crippen LogP contribution is 2.39. The molecular formula is C16H17ClFN3. The SMILES string of the molecule is CC1(C)Cc2nc(-c3cc(F)cc(Cl)c3)ncc2C(N)C1. The van der Waals surface area contributed by atoms with Crippen molar-refractivity contribution >= 4 is 11.6 Å². The maximum atomic E-state index is 13.5. The molecule has 1 aromatic carbocycles. The van der Waals surface area contributed by atoms with Gasteiger partial charge in [-0.1, -0.05) is 25.4 Å². The van der Waals surface area contributed by atoms with Gasteiger partial charge in [-0.05, 0) is 36.5 Å². The molecule has 2 N–H and O–H groups in total. The number of nitrogens with zero attached hydrogens (tertiary/aromatic N) is 2. The molecule has 0 bridgehead atoms. The molecule has 5 heteroatoms. The highest BCUT2D eigenvalue weighted by atomic mass is 35.5. The Labute approximate surface area is 128 Å². The van der Waals surface area contributed by atoms with Crippen LogP contribution in [0.2, 0.25) is 5.02 Å². The zero-order chi connectivity index (χ0) is 15.2. The first kappa shape index (κ1) is 14.4. The van der Waals surface area contributed by atoms with E-state index >= 15 is 0 Å². The molecule has 0 amide bonds. The van der Waals surface area contributed by atoms with Crippen LogP contribution in [0.3, 0.4) is 0 Å². The van der Waals surface area contributed by atoms with Gasteiger partial charge in [-0.25, -0.2) is 14.4 Å². The molecular weight excluding hydrogens is 289 g/mol. The normalized spacial score (nSPS) is 20.1. The van der Waals surface area contributed by atoms with Crippen molar-refractivity contribution in [3.05, 3.63) is 46.5 Å². The van der Waals surface area contributed by atoms with E-state index in [4.69, 9.17) is 17.3 Å². The third-order valence-corrected chi connectivity index (χ3v) is 4.06. The number of rotatable bonds is 1. The van der Waals surface area contributed by atoms with Crippen LogP contribution < -0.4 is 5.73 Å². The molecule has 1 aromatic heterocycles. The largest absolute Gasteiger partial charge is 0.324 e. The fourth-order valence-electron chi connectivity index (χ4n) is 2.93. The van der Waals surface area contributed by atoms with Crippen molar-refractivity contribution < 1.29 is 4.39 Å². The lowest BCUT2D eigenvalue weighted by Gasteiger charge is -2.34.